The SMILES string of the molecule is CCOc1cc(C(=O)N2CCCC(COC)C2)ccc1OCC(=O)O. The molecule has 1 atom stereocenters. The van der Waals surface area contributed by atoms with Crippen molar-refractivity contribution in [1.82, 2.24) is 4.90 Å². The van der Waals surface area contributed by atoms with E-state index in [1.165, 1.54) is 0 Å². The van der Waals surface area contributed by atoms with Crippen LogP contribution in [0.5, 0.6) is 11.5 Å². The standard InChI is InChI=1S/C18H25NO6/c1-3-24-16-9-14(6-7-15(16)25-12-17(20)21)18(22)19-8-4-5-13(10-19)11-23-2/h6-7,9,13H,3-5,8,10-12H2,1-2H3,(H,20,21). The quantitative estimate of drug-likeness (QED) is 0.771. The summed E-state index contributed by atoms with van der Waals surface area (Å²) in [6, 6.07) is 4.84. The first-order valence-electron chi connectivity index (χ1n) is 8.44. The van der Waals surface area contributed by atoms with Gasteiger partial charge < -0.3 is 24.2 Å². The van der Waals surface area contributed by atoms with Crippen LogP contribution in [0.1, 0.15) is 30.1 Å². The predicted octanol–water partition coefficient (Wildman–Crippen LogP) is 2.05. The molecule has 0 saturated carbocycles. The van der Waals surface area contributed by atoms with E-state index in [0.717, 1.165) is 19.4 Å². The molecule has 1 saturated heterocycles. The zero-order valence-corrected chi connectivity index (χ0v) is 14.7. The Morgan fingerprint density at radius 1 is 1.28 bits per heavy atom. The molecule has 0 spiro atoms. The second-order valence-electron chi connectivity index (χ2n) is 5.99. The Bertz CT molecular complexity index is 601. The van der Waals surface area contributed by atoms with Crippen molar-refractivity contribution >= 4 is 11.9 Å². The van der Waals surface area contributed by atoms with Crippen molar-refractivity contribution in [1.29, 1.82) is 0 Å². The summed E-state index contributed by atoms with van der Waals surface area (Å²) in [6.07, 6.45) is 2.02. The highest BCUT2D eigenvalue weighted by Gasteiger charge is 2.25. The molecule has 138 valence electrons. The zero-order valence-electron chi connectivity index (χ0n) is 14.7. The van der Waals surface area contributed by atoms with Gasteiger partial charge in [-0.05, 0) is 43.9 Å². The first-order valence-corrected chi connectivity index (χ1v) is 8.44. The molecule has 7 heteroatoms. The molecule has 1 N–H and O–H groups in total. The number of carboxylic acids is 1. The predicted molar refractivity (Wildman–Crippen MR) is 91.2 cm³/mol. The number of carbonyl (C=O) groups excluding carboxylic acids is 1. The number of ether oxygens (including phenoxy) is 3. The fourth-order valence-corrected chi connectivity index (χ4v) is 2.97. The van der Waals surface area contributed by atoms with E-state index in [0.29, 0.717) is 42.7 Å². The van der Waals surface area contributed by atoms with E-state index in [4.69, 9.17) is 19.3 Å². The van der Waals surface area contributed by atoms with Crippen LogP contribution in [0.2, 0.25) is 0 Å². The third kappa shape index (κ3) is 5.35. The van der Waals surface area contributed by atoms with E-state index in [1.54, 1.807) is 25.3 Å². The van der Waals surface area contributed by atoms with Crippen molar-refractivity contribution in [2.24, 2.45) is 5.92 Å². The van der Waals surface area contributed by atoms with Gasteiger partial charge in [-0.1, -0.05) is 0 Å². The van der Waals surface area contributed by atoms with Crippen molar-refractivity contribution in [3.05, 3.63) is 23.8 Å². The number of benzene rings is 1. The lowest BCUT2D eigenvalue weighted by molar-refractivity contribution is -0.139. The van der Waals surface area contributed by atoms with Crippen LogP contribution in [0.25, 0.3) is 0 Å². The van der Waals surface area contributed by atoms with Gasteiger partial charge in [0, 0.05) is 25.8 Å². The van der Waals surface area contributed by atoms with Gasteiger partial charge >= 0.3 is 5.97 Å². The van der Waals surface area contributed by atoms with Gasteiger partial charge in [-0.15, -0.1) is 0 Å². The molecule has 1 aliphatic rings. The third-order valence-corrected chi connectivity index (χ3v) is 4.05. The van der Waals surface area contributed by atoms with Crippen LogP contribution in [0, 0.1) is 5.92 Å². The van der Waals surface area contributed by atoms with Gasteiger partial charge in [-0.25, -0.2) is 4.79 Å². The highest BCUT2D eigenvalue weighted by atomic mass is 16.5. The summed E-state index contributed by atoms with van der Waals surface area (Å²) in [5, 5.41) is 8.74. The van der Waals surface area contributed by atoms with Gasteiger partial charge in [-0.3, -0.25) is 4.79 Å². The van der Waals surface area contributed by atoms with E-state index in [9.17, 15) is 9.59 Å². The maximum atomic E-state index is 12.8. The van der Waals surface area contributed by atoms with Gasteiger partial charge in [0.1, 0.15) is 0 Å². The molecular weight excluding hydrogens is 326 g/mol. The van der Waals surface area contributed by atoms with E-state index < -0.39 is 12.6 Å². The van der Waals surface area contributed by atoms with E-state index in [1.807, 2.05) is 11.8 Å². The van der Waals surface area contributed by atoms with E-state index in [2.05, 4.69) is 0 Å². The first kappa shape index (κ1) is 19.1. The highest BCUT2D eigenvalue weighted by Crippen LogP contribution is 2.29. The molecule has 1 heterocycles. The van der Waals surface area contributed by atoms with Crippen LogP contribution in [-0.2, 0) is 9.53 Å². The van der Waals surface area contributed by atoms with Crippen LogP contribution >= 0.6 is 0 Å². The van der Waals surface area contributed by atoms with E-state index >= 15 is 0 Å². The largest absolute Gasteiger partial charge is 0.490 e. The lowest BCUT2D eigenvalue weighted by atomic mass is 9.98. The Kier molecular flexibility index (Phi) is 7.06. The molecule has 7 nitrogen and oxygen atoms in total. The first-order chi connectivity index (χ1) is 12.0. The molecule has 25 heavy (non-hydrogen) atoms. The van der Waals surface area contributed by atoms with Crippen LogP contribution < -0.4 is 9.47 Å². The average molecular weight is 351 g/mol. The topological polar surface area (TPSA) is 85.3 Å². The van der Waals surface area contributed by atoms with Crippen LogP contribution in [0.15, 0.2) is 18.2 Å². The molecule has 1 unspecified atom stereocenters. The van der Waals surface area contributed by atoms with E-state index in [-0.39, 0.29) is 5.91 Å². The maximum Gasteiger partial charge on any atom is 0.341 e. The zero-order chi connectivity index (χ0) is 18.2. The molecule has 2 rings (SSSR count). The number of likely N-dealkylation sites (tertiary alicyclic amines) is 1. The second kappa shape index (κ2) is 9.27. The Balaban J connectivity index is 2.13. The summed E-state index contributed by atoms with van der Waals surface area (Å²) in [5.74, 6) is -0.0874. The van der Waals surface area contributed by atoms with Crippen molar-refractivity contribution in [2.75, 3.05) is 40.0 Å². The van der Waals surface area contributed by atoms with Crippen molar-refractivity contribution in [2.45, 2.75) is 19.8 Å². The Labute approximate surface area is 147 Å². The number of nitrogens with zero attached hydrogens (tertiary/aromatic N) is 1. The third-order valence-electron chi connectivity index (χ3n) is 4.05. The highest BCUT2D eigenvalue weighted by molar-refractivity contribution is 5.95. The normalized spacial score (nSPS) is 17.2. The van der Waals surface area contributed by atoms with Crippen LogP contribution in [0.3, 0.4) is 0 Å². The number of aliphatic carboxylic acids is 1. The molecule has 0 radical (unpaired) electrons. The lowest BCUT2D eigenvalue weighted by Crippen LogP contribution is -2.41. The number of carboxylic acid groups (broad SMARTS) is 1. The minimum absolute atomic E-state index is 0.0634. The number of rotatable bonds is 8. The summed E-state index contributed by atoms with van der Waals surface area (Å²) in [4.78, 5) is 25.3. The number of methoxy groups -OCH3 is 1. The number of amides is 1. The summed E-state index contributed by atoms with van der Waals surface area (Å²) in [5.41, 5.74) is 0.504. The Morgan fingerprint density at radius 3 is 2.76 bits per heavy atom. The van der Waals surface area contributed by atoms with Crippen molar-refractivity contribution in [3.63, 3.8) is 0 Å². The average Bonchev–Trinajstić information content (AvgIpc) is 2.60. The number of carbonyl (C=O) groups is 2. The van der Waals surface area contributed by atoms with Crippen LogP contribution in [0.4, 0.5) is 0 Å². The molecule has 0 aromatic heterocycles. The minimum Gasteiger partial charge on any atom is -0.490 e. The fraction of sp³-hybridized carbons (Fsp3) is 0.556. The second-order valence-corrected chi connectivity index (χ2v) is 5.99. The Morgan fingerprint density at radius 2 is 2.08 bits per heavy atom. The molecule has 1 fully saturated rings. The lowest BCUT2D eigenvalue weighted by Gasteiger charge is -2.32. The summed E-state index contributed by atoms with van der Waals surface area (Å²) >= 11 is 0. The van der Waals surface area contributed by atoms with Gasteiger partial charge in [0.2, 0.25) is 0 Å². The molecule has 0 aliphatic carbocycles. The molecule has 1 aromatic carbocycles. The summed E-state index contributed by atoms with van der Waals surface area (Å²) < 4.78 is 15.9. The summed E-state index contributed by atoms with van der Waals surface area (Å²) in [6.45, 7) is 3.79. The molecule has 0 bridgehead atoms. The van der Waals surface area contributed by atoms with Crippen molar-refractivity contribution in [3.8, 4) is 11.5 Å². The van der Waals surface area contributed by atoms with Gasteiger partial charge in [0.25, 0.3) is 5.91 Å². The smallest absolute Gasteiger partial charge is 0.341 e. The summed E-state index contributed by atoms with van der Waals surface area (Å²) in [7, 11) is 1.67. The molecule has 1 amide bonds. The van der Waals surface area contributed by atoms with Gasteiger partial charge in [0.05, 0.1) is 13.2 Å². The van der Waals surface area contributed by atoms with Gasteiger partial charge in [-0.2, -0.15) is 0 Å². The van der Waals surface area contributed by atoms with Gasteiger partial charge in [0.15, 0.2) is 18.1 Å². The Hall–Kier alpha value is -2.28. The molecule has 1 aliphatic heterocycles. The number of piperidine rings is 1. The fourth-order valence-electron chi connectivity index (χ4n) is 2.97. The monoisotopic (exact) mass is 351 g/mol. The minimum atomic E-state index is -1.07. The molecule has 1 aromatic rings. The number of hydrogen-bond acceptors (Lipinski definition) is 5. The number of hydrogen-bond donors (Lipinski definition) is 1. The van der Waals surface area contributed by atoms with Crippen molar-refractivity contribution < 1.29 is 28.9 Å². The van der Waals surface area contributed by atoms with Crippen LogP contribution in [-0.4, -0.2) is 61.9 Å². The molecular formula is C18H25NO6. The maximum absolute atomic E-state index is 12.8.